The van der Waals surface area contributed by atoms with Crippen LogP contribution in [0.2, 0.25) is 0 Å². The summed E-state index contributed by atoms with van der Waals surface area (Å²) in [6.45, 7) is 2.40. The van der Waals surface area contributed by atoms with Crippen LogP contribution in [0, 0.1) is 17.8 Å². The quantitative estimate of drug-likeness (QED) is 0.711. The number of hydrogen-bond acceptors (Lipinski definition) is 1. The predicted octanol–water partition coefficient (Wildman–Crippen LogP) is 2.95. The Morgan fingerprint density at radius 2 is 1.64 bits per heavy atom. The lowest BCUT2D eigenvalue weighted by Gasteiger charge is -2.11. The van der Waals surface area contributed by atoms with Crippen molar-refractivity contribution in [3.8, 4) is 0 Å². The van der Waals surface area contributed by atoms with Gasteiger partial charge >= 0.3 is 0 Å². The van der Waals surface area contributed by atoms with Gasteiger partial charge in [-0.3, -0.25) is 0 Å². The Balaban J connectivity index is 1.50. The maximum Gasteiger partial charge on any atom is 0.0133 e. The topological polar surface area (TPSA) is 12.0 Å². The molecule has 0 radical (unpaired) electrons. The molecule has 4 unspecified atom stereocenters. The van der Waals surface area contributed by atoms with Crippen LogP contribution in [0.15, 0.2) is 0 Å². The molecule has 3 aliphatic rings. The second kappa shape index (κ2) is 3.52. The van der Waals surface area contributed by atoms with Crippen molar-refractivity contribution in [3.63, 3.8) is 0 Å². The van der Waals surface area contributed by atoms with E-state index in [1.165, 1.54) is 44.9 Å². The molecule has 0 amide bonds. The number of nitrogens with one attached hydrogen (secondary N) is 1. The van der Waals surface area contributed by atoms with Gasteiger partial charge in [0.05, 0.1) is 0 Å². The first-order valence-corrected chi connectivity index (χ1v) is 6.60. The summed E-state index contributed by atoms with van der Waals surface area (Å²) in [6, 6.07) is 1.81. The van der Waals surface area contributed by atoms with E-state index in [0.717, 1.165) is 29.8 Å². The van der Waals surface area contributed by atoms with Gasteiger partial charge in [-0.15, -0.1) is 0 Å². The molecule has 0 aliphatic heterocycles. The molecular formula is C13H23N. The van der Waals surface area contributed by atoms with Gasteiger partial charge in [-0.2, -0.15) is 0 Å². The Kier molecular flexibility index (Phi) is 2.31. The minimum absolute atomic E-state index is 0.876. The largest absolute Gasteiger partial charge is 0.311 e. The fourth-order valence-electron chi connectivity index (χ4n) is 3.87. The summed E-state index contributed by atoms with van der Waals surface area (Å²) in [5, 5.41) is 3.93. The molecule has 3 saturated carbocycles. The summed E-state index contributed by atoms with van der Waals surface area (Å²) in [7, 11) is 0. The van der Waals surface area contributed by atoms with Gasteiger partial charge in [-0.05, 0) is 49.9 Å². The lowest BCUT2D eigenvalue weighted by Crippen LogP contribution is -2.30. The van der Waals surface area contributed by atoms with Crippen molar-refractivity contribution in [3.05, 3.63) is 0 Å². The summed E-state index contributed by atoms with van der Waals surface area (Å²) in [5.74, 6) is 3.15. The van der Waals surface area contributed by atoms with E-state index >= 15 is 0 Å². The van der Waals surface area contributed by atoms with E-state index < -0.39 is 0 Å². The number of fused-ring (bicyclic) bond motifs is 1. The average Bonchev–Trinajstić information content (AvgIpc) is 2.72. The van der Waals surface area contributed by atoms with E-state index in [9.17, 15) is 0 Å². The fourth-order valence-corrected chi connectivity index (χ4v) is 3.87. The molecule has 0 bridgehead atoms. The van der Waals surface area contributed by atoms with Gasteiger partial charge in [0.25, 0.3) is 0 Å². The lowest BCUT2D eigenvalue weighted by molar-refractivity contribution is 0.478. The number of rotatable bonds is 2. The summed E-state index contributed by atoms with van der Waals surface area (Å²) in [5.41, 5.74) is 0. The zero-order valence-corrected chi connectivity index (χ0v) is 9.34. The van der Waals surface area contributed by atoms with Crippen LogP contribution >= 0.6 is 0 Å². The standard InChI is InChI=1S/C13H23N/c1-9-6-7-10(8-9)14-13-11-4-2-3-5-12(11)13/h9-14H,2-8H2,1H3. The third-order valence-electron chi connectivity index (χ3n) is 4.78. The van der Waals surface area contributed by atoms with Gasteiger partial charge in [-0.25, -0.2) is 0 Å². The van der Waals surface area contributed by atoms with Gasteiger partial charge in [0.1, 0.15) is 0 Å². The molecule has 0 aromatic heterocycles. The Hall–Kier alpha value is -0.0400. The first-order chi connectivity index (χ1) is 6.84. The first-order valence-electron chi connectivity index (χ1n) is 6.60. The van der Waals surface area contributed by atoms with E-state index in [4.69, 9.17) is 0 Å². The van der Waals surface area contributed by atoms with Crippen LogP contribution in [-0.4, -0.2) is 12.1 Å². The summed E-state index contributed by atoms with van der Waals surface area (Å²) >= 11 is 0. The minimum Gasteiger partial charge on any atom is -0.311 e. The van der Waals surface area contributed by atoms with Crippen molar-refractivity contribution < 1.29 is 0 Å². The highest BCUT2D eigenvalue weighted by atomic mass is 15.0. The molecule has 0 saturated heterocycles. The van der Waals surface area contributed by atoms with Crippen molar-refractivity contribution in [1.82, 2.24) is 5.32 Å². The minimum atomic E-state index is 0.876. The van der Waals surface area contributed by atoms with E-state index in [0.29, 0.717) is 0 Å². The molecule has 14 heavy (non-hydrogen) atoms. The van der Waals surface area contributed by atoms with E-state index in [2.05, 4.69) is 12.2 Å². The Labute approximate surface area is 87.7 Å². The SMILES string of the molecule is CC1CCC(NC2C3CCCCC32)C1. The maximum atomic E-state index is 3.93. The predicted molar refractivity (Wildman–Crippen MR) is 59.2 cm³/mol. The third kappa shape index (κ3) is 1.60. The van der Waals surface area contributed by atoms with Crippen LogP contribution in [0.25, 0.3) is 0 Å². The Morgan fingerprint density at radius 3 is 2.21 bits per heavy atom. The van der Waals surface area contributed by atoms with Crippen molar-refractivity contribution >= 4 is 0 Å². The Bertz CT molecular complexity index is 201. The van der Waals surface area contributed by atoms with Gasteiger partial charge in [0.15, 0.2) is 0 Å². The fraction of sp³-hybridized carbons (Fsp3) is 1.00. The highest BCUT2D eigenvalue weighted by Crippen LogP contribution is 2.50. The van der Waals surface area contributed by atoms with Crippen LogP contribution in [0.5, 0.6) is 0 Å². The molecule has 0 aromatic carbocycles. The average molecular weight is 193 g/mol. The van der Waals surface area contributed by atoms with Crippen molar-refractivity contribution in [2.75, 3.05) is 0 Å². The van der Waals surface area contributed by atoms with Crippen LogP contribution < -0.4 is 5.32 Å². The second-order valence-corrected chi connectivity index (χ2v) is 5.92. The van der Waals surface area contributed by atoms with Gasteiger partial charge in [-0.1, -0.05) is 19.8 Å². The molecule has 0 spiro atoms. The van der Waals surface area contributed by atoms with Gasteiger partial charge in [0, 0.05) is 12.1 Å². The van der Waals surface area contributed by atoms with Crippen LogP contribution in [-0.2, 0) is 0 Å². The highest BCUT2D eigenvalue weighted by molar-refractivity contribution is 5.06. The molecule has 4 atom stereocenters. The summed E-state index contributed by atoms with van der Waals surface area (Å²) < 4.78 is 0. The molecule has 1 nitrogen and oxygen atoms in total. The van der Waals surface area contributed by atoms with Crippen molar-refractivity contribution in [2.24, 2.45) is 17.8 Å². The van der Waals surface area contributed by atoms with Crippen molar-refractivity contribution in [2.45, 2.75) is 64.0 Å². The molecule has 3 aliphatic carbocycles. The Morgan fingerprint density at radius 1 is 0.929 bits per heavy atom. The molecule has 0 heterocycles. The summed E-state index contributed by atoms with van der Waals surface area (Å²) in [4.78, 5) is 0. The molecule has 3 rings (SSSR count). The first kappa shape index (κ1) is 9.21. The smallest absolute Gasteiger partial charge is 0.0133 e. The van der Waals surface area contributed by atoms with Crippen LogP contribution in [0.4, 0.5) is 0 Å². The zero-order chi connectivity index (χ0) is 9.54. The van der Waals surface area contributed by atoms with Crippen LogP contribution in [0.3, 0.4) is 0 Å². The van der Waals surface area contributed by atoms with E-state index in [1.807, 2.05) is 0 Å². The maximum absolute atomic E-state index is 3.93. The van der Waals surface area contributed by atoms with Gasteiger partial charge < -0.3 is 5.32 Å². The molecular weight excluding hydrogens is 170 g/mol. The zero-order valence-electron chi connectivity index (χ0n) is 9.34. The molecule has 80 valence electrons. The van der Waals surface area contributed by atoms with Gasteiger partial charge in [0.2, 0.25) is 0 Å². The monoisotopic (exact) mass is 193 g/mol. The summed E-state index contributed by atoms with van der Waals surface area (Å²) in [6.07, 6.45) is 10.4. The van der Waals surface area contributed by atoms with E-state index in [-0.39, 0.29) is 0 Å². The van der Waals surface area contributed by atoms with E-state index in [1.54, 1.807) is 0 Å². The molecule has 1 N–H and O–H groups in total. The third-order valence-corrected chi connectivity index (χ3v) is 4.78. The van der Waals surface area contributed by atoms with Crippen molar-refractivity contribution in [1.29, 1.82) is 0 Å². The molecule has 0 aromatic rings. The van der Waals surface area contributed by atoms with Crippen LogP contribution in [0.1, 0.15) is 51.9 Å². The number of hydrogen-bond donors (Lipinski definition) is 1. The lowest BCUT2D eigenvalue weighted by atomic mass is 10.0. The molecule has 1 heteroatoms. The molecule has 3 fully saturated rings. The second-order valence-electron chi connectivity index (χ2n) is 5.92. The normalized spacial score (nSPS) is 51.6. The highest BCUT2D eigenvalue weighted by Gasteiger charge is 2.51.